The molecule has 3 heterocycles. The highest BCUT2D eigenvalue weighted by molar-refractivity contribution is 6.00. The van der Waals surface area contributed by atoms with Gasteiger partial charge in [-0.05, 0) is 38.1 Å². The molecule has 0 radical (unpaired) electrons. The number of amides is 1. The van der Waals surface area contributed by atoms with Gasteiger partial charge in [0.25, 0.3) is 0 Å². The number of benzene rings is 1. The van der Waals surface area contributed by atoms with Crippen LogP contribution in [0.1, 0.15) is 11.3 Å². The minimum absolute atomic E-state index is 0.257. The number of rotatable bonds is 5. The number of carbonyl (C=O) groups excluding carboxylic acids is 1. The minimum Gasteiger partial charge on any atom is -0.323 e. The van der Waals surface area contributed by atoms with Crippen LogP contribution in [0.15, 0.2) is 49.3 Å². The number of fused-ring (bicyclic) bond motifs is 1. The summed E-state index contributed by atoms with van der Waals surface area (Å²) in [5.41, 5.74) is 3.28. The van der Waals surface area contributed by atoms with E-state index in [1.807, 2.05) is 45.2 Å². The molecule has 0 saturated heterocycles. The molecular weight excluding hydrogens is 368 g/mol. The van der Waals surface area contributed by atoms with Gasteiger partial charge in [0.15, 0.2) is 5.82 Å². The van der Waals surface area contributed by atoms with Crippen molar-refractivity contribution >= 4 is 34.3 Å². The Morgan fingerprint density at radius 2 is 2.07 bits per heavy atom. The molecule has 1 aromatic carbocycles. The number of nitrogens with one attached hydrogen (secondary N) is 2. The van der Waals surface area contributed by atoms with E-state index in [0.717, 1.165) is 28.0 Å². The van der Waals surface area contributed by atoms with Gasteiger partial charge in [0.05, 0.1) is 17.4 Å². The summed E-state index contributed by atoms with van der Waals surface area (Å²) in [6, 6.07) is 7.47. The zero-order chi connectivity index (χ0) is 20.5. The minimum atomic E-state index is -0.257. The van der Waals surface area contributed by atoms with Gasteiger partial charge < -0.3 is 10.6 Å². The van der Waals surface area contributed by atoms with E-state index >= 15 is 0 Å². The molecule has 0 spiro atoms. The molecule has 2 N–H and O–H groups in total. The van der Waals surface area contributed by atoms with Crippen LogP contribution in [0.5, 0.6) is 0 Å². The summed E-state index contributed by atoms with van der Waals surface area (Å²) in [6.45, 7) is 7.33. The summed E-state index contributed by atoms with van der Waals surface area (Å²) in [6.07, 6.45) is 4.69. The first-order valence-electron chi connectivity index (χ1n) is 8.98. The molecule has 9 nitrogen and oxygen atoms in total. The van der Waals surface area contributed by atoms with Gasteiger partial charge in [-0.2, -0.15) is 15.2 Å². The molecule has 146 valence electrons. The first-order chi connectivity index (χ1) is 14.0. The highest BCUT2D eigenvalue weighted by atomic mass is 16.1. The lowest BCUT2D eigenvalue weighted by Crippen LogP contribution is -2.08. The molecule has 0 aliphatic heterocycles. The van der Waals surface area contributed by atoms with Crippen molar-refractivity contribution < 1.29 is 4.79 Å². The van der Waals surface area contributed by atoms with Gasteiger partial charge >= 0.3 is 0 Å². The van der Waals surface area contributed by atoms with Crippen molar-refractivity contribution in [2.45, 2.75) is 13.8 Å². The maximum absolute atomic E-state index is 11.6. The Morgan fingerprint density at radius 3 is 2.79 bits per heavy atom. The van der Waals surface area contributed by atoms with Crippen molar-refractivity contribution in [3.05, 3.63) is 60.6 Å². The van der Waals surface area contributed by atoms with Crippen LogP contribution in [0.2, 0.25) is 0 Å². The molecule has 4 rings (SSSR count). The second-order valence-electron chi connectivity index (χ2n) is 6.59. The third kappa shape index (κ3) is 3.45. The Kier molecular flexibility index (Phi) is 4.55. The van der Waals surface area contributed by atoms with Crippen LogP contribution in [-0.2, 0) is 11.8 Å². The van der Waals surface area contributed by atoms with Crippen LogP contribution >= 0.6 is 0 Å². The van der Waals surface area contributed by atoms with E-state index in [4.69, 9.17) is 0 Å². The van der Waals surface area contributed by atoms with E-state index in [9.17, 15) is 4.79 Å². The van der Waals surface area contributed by atoms with Gasteiger partial charge in [-0.3, -0.25) is 9.48 Å². The maximum atomic E-state index is 11.6. The van der Waals surface area contributed by atoms with Crippen LogP contribution < -0.4 is 10.6 Å². The molecule has 0 atom stereocenters. The van der Waals surface area contributed by atoms with Crippen LogP contribution in [0, 0.1) is 13.8 Å². The molecule has 0 aliphatic rings. The van der Waals surface area contributed by atoms with Gasteiger partial charge in [-0.1, -0.05) is 6.58 Å². The molecule has 0 unspecified atom stereocenters. The van der Waals surface area contributed by atoms with E-state index in [2.05, 4.69) is 37.4 Å². The second-order valence-corrected chi connectivity index (χ2v) is 6.59. The number of hydrogen-bond acceptors (Lipinski definition) is 6. The molecule has 3 aromatic heterocycles. The van der Waals surface area contributed by atoms with Gasteiger partial charge in [0, 0.05) is 35.9 Å². The lowest BCUT2D eigenvalue weighted by molar-refractivity contribution is -0.111. The third-order valence-corrected chi connectivity index (χ3v) is 4.52. The third-order valence-electron chi connectivity index (χ3n) is 4.52. The Hall–Kier alpha value is -4.01. The number of nitrogens with zero attached hydrogens (tertiary/aromatic N) is 6. The molecule has 4 aromatic rings. The lowest BCUT2D eigenvalue weighted by Gasteiger charge is -2.10. The van der Waals surface area contributed by atoms with Crippen LogP contribution in [0.3, 0.4) is 0 Å². The average Bonchev–Trinajstić information content (AvgIpc) is 3.26. The predicted octanol–water partition coefficient (Wildman–Crippen LogP) is 3.03. The fraction of sp³-hybridized carbons (Fsp3) is 0.150. The zero-order valence-electron chi connectivity index (χ0n) is 16.3. The van der Waals surface area contributed by atoms with Crippen molar-refractivity contribution in [1.82, 2.24) is 29.5 Å². The highest BCUT2D eigenvalue weighted by Gasteiger charge is 2.15. The van der Waals surface area contributed by atoms with Gasteiger partial charge in [0.2, 0.25) is 11.9 Å². The molecule has 29 heavy (non-hydrogen) atoms. The van der Waals surface area contributed by atoms with Crippen LogP contribution in [0.25, 0.3) is 16.7 Å². The Morgan fingerprint density at radius 1 is 1.24 bits per heavy atom. The molecule has 0 fully saturated rings. The first kappa shape index (κ1) is 18.4. The average molecular weight is 388 g/mol. The molecule has 0 bridgehead atoms. The Labute approximate surface area is 167 Å². The van der Waals surface area contributed by atoms with Gasteiger partial charge in [-0.25, -0.2) is 9.67 Å². The Bertz CT molecular complexity index is 1240. The van der Waals surface area contributed by atoms with E-state index in [-0.39, 0.29) is 5.91 Å². The maximum Gasteiger partial charge on any atom is 0.247 e. The number of aryl methyl sites for hydroxylation is 3. The van der Waals surface area contributed by atoms with Gasteiger partial charge in [-0.15, -0.1) is 0 Å². The fourth-order valence-corrected chi connectivity index (χ4v) is 3.02. The van der Waals surface area contributed by atoms with E-state index < -0.39 is 0 Å². The summed E-state index contributed by atoms with van der Waals surface area (Å²) in [4.78, 5) is 20.6. The molecular formula is C20H20N8O. The van der Waals surface area contributed by atoms with E-state index in [0.29, 0.717) is 17.5 Å². The quantitative estimate of drug-likeness (QED) is 0.510. The second kappa shape index (κ2) is 7.19. The fourth-order valence-electron chi connectivity index (χ4n) is 3.02. The van der Waals surface area contributed by atoms with Crippen LogP contribution in [-0.4, -0.2) is 35.4 Å². The molecule has 0 aliphatic carbocycles. The number of hydrogen-bond donors (Lipinski definition) is 2. The normalized spacial score (nSPS) is 10.9. The standard InChI is InChI=1S/C20H20N8O/c1-5-18(29)23-14-6-7-16-15(10-14)13(3)26-28(16)19-12(2)11-21-20(25-19)24-17-8-9-22-27(17)4/h5-11H,1H2,2-4H3,(H,23,29)(H,21,24,25). The molecule has 1 amide bonds. The van der Waals surface area contributed by atoms with Crippen molar-refractivity contribution in [3.8, 4) is 5.82 Å². The van der Waals surface area contributed by atoms with Crippen LogP contribution in [0.4, 0.5) is 17.5 Å². The first-order valence-corrected chi connectivity index (χ1v) is 8.98. The Balaban J connectivity index is 1.76. The summed E-state index contributed by atoms with van der Waals surface area (Å²) in [5.74, 6) is 1.65. The smallest absolute Gasteiger partial charge is 0.247 e. The summed E-state index contributed by atoms with van der Waals surface area (Å²) in [7, 11) is 1.84. The SMILES string of the molecule is C=CC(=O)Nc1ccc2c(c1)c(C)nn2-c1nc(Nc2ccnn2C)ncc1C. The largest absolute Gasteiger partial charge is 0.323 e. The topological polar surface area (TPSA) is 103 Å². The number of anilines is 3. The van der Waals surface area contributed by atoms with E-state index in [1.54, 1.807) is 21.8 Å². The monoisotopic (exact) mass is 388 g/mol. The number of aromatic nitrogens is 6. The summed E-state index contributed by atoms with van der Waals surface area (Å²) in [5, 5.41) is 15.7. The summed E-state index contributed by atoms with van der Waals surface area (Å²) >= 11 is 0. The highest BCUT2D eigenvalue weighted by Crippen LogP contribution is 2.26. The van der Waals surface area contributed by atoms with Gasteiger partial charge in [0.1, 0.15) is 5.82 Å². The van der Waals surface area contributed by atoms with E-state index in [1.165, 1.54) is 6.08 Å². The van der Waals surface area contributed by atoms with Crippen molar-refractivity contribution in [1.29, 1.82) is 0 Å². The molecule has 0 saturated carbocycles. The summed E-state index contributed by atoms with van der Waals surface area (Å²) < 4.78 is 3.49. The van der Waals surface area contributed by atoms with Crippen molar-refractivity contribution in [2.75, 3.05) is 10.6 Å². The lowest BCUT2D eigenvalue weighted by atomic mass is 10.2. The van der Waals surface area contributed by atoms with Crippen molar-refractivity contribution in [2.24, 2.45) is 7.05 Å². The van der Waals surface area contributed by atoms with Crippen molar-refractivity contribution in [3.63, 3.8) is 0 Å². The number of carbonyl (C=O) groups is 1. The predicted molar refractivity (Wildman–Crippen MR) is 111 cm³/mol. The molecule has 9 heteroatoms. The zero-order valence-corrected chi connectivity index (χ0v) is 16.3.